The number of hydrogen-bond acceptors (Lipinski definition) is 5. The van der Waals surface area contributed by atoms with E-state index in [1.807, 2.05) is 0 Å². The molecule has 0 radical (unpaired) electrons. The molecule has 7 nitrogen and oxygen atoms in total. The maximum absolute atomic E-state index is 11.8. The number of carbonyl (C=O) groups excluding carboxylic acids is 1. The Labute approximate surface area is 136 Å². The van der Waals surface area contributed by atoms with E-state index in [4.69, 9.17) is 11.6 Å². The summed E-state index contributed by atoms with van der Waals surface area (Å²) in [6.45, 7) is 3.16. The van der Waals surface area contributed by atoms with E-state index < -0.39 is 22.1 Å². The van der Waals surface area contributed by atoms with E-state index in [0.29, 0.717) is 17.0 Å². The van der Waals surface area contributed by atoms with Gasteiger partial charge in [-0.05, 0) is 31.0 Å². The van der Waals surface area contributed by atoms with Gasteiger partial charge in [-0.1, -0.05) is 12.1 Å². The minimum Gasteiger partial charge on any atom is -0.478 e. The molecule has 1 heterocycles. The van der Waals surface area contributed by atoms with Crippen LogP contribution in [0.15, 0.2) is 46.8 Å². The lowest BCUT2D eigenvalue weighted by Crippen LogP contribution is -2.30. The lowest BCUT2D eigenvalue weighted by Gasteiger charge is -2.28. The second-order valence-corrected chi connectivity index (χ2v) is 5.41. The summed E-state index contributed by atoms with van der Waals surface area (Å²) in [6, 6.07) is 5.52. The van der Waals surface area contributed by atoms with Gasteiger partial charge >= 0.3 is 5.97 Å². The molecular formula is C15H13ClN2O5. The molecule has 0 bridgehead atoms. The van der Waals surface area contributed by atoms with Gasteiger partial charge in [0.25, 0.3) is 10.9 Å². The predicted octanol–water partition coefficient (Wildman–Crippen LogP) is 2.68. The highest BCUT2D eigenvalue weighted by atomic mass is 35.5. The van der Waals surface area contributed by atoms with Crippen LogP contribution in [0.3, 0.4) is 0 Å². The Morgan fingerprint density at radius 3 is 2.39 bits per heavy atom. The number of carboxylic acids is 1. The lowest BCUT2D eigenvalue weighted by molar-refractivity contribution is -0.384. The van der Waals surface area contributed by atoms with Crippen LogP contribution in [0, 0.1) is 10.1 Å². The van der Waals surface area contributed by atoms with Gasteiger partial charge in [-0.2, -0.15) is 0 Å². The third-order valence-corrected chi connectivity index (χ3v) is 3.82. The molecule has 1 aromatic carbocycles. The Morgan fingerprint density at radius 1 is 1.26 bits per heavy atom. The van der Waals surface area contributed by atoms with Crippen molar-refractivity contribution in [2.45, 2.75) is 19.8 Å². The van der Waals surface area contributed by atoms with Crippen LogP contribution in [0.4, 0.5) is 5.69 Å². The average Bonchev–Trinajstić information content (AvgIpc) is 2.45. The average molecular weight is 337 g/mol. The standard InChI is InChI=1S/C15H13ClN2O5/c1-7-11(14(16)19)13(12(15(20)21)8(2)17-7)9-4-3-5-10(6-9)18(22)23/h3-6,13,17H,1-2H3,(H,20,21)/t13-/m0/s1. The molecule has 120 valence electrons. The summed E-state index contributed by atoms with van der Waals surface area (Å²) in [4.78, 5) is 33.8. The number of nitro benzene ring substituents is 1. The summed E-state index contributed by atoms with van der Waals surface area (Å²) in [5, 5.41) is 22.5. The van der Waals surface area contributed by atoms with Gasteiger partial charge in [0, 0.05) is 35.0 Å². The second-order valence-electron chi connectivity index (χ2n) is 5.07. The number of benzene rings is 1. The van der Waals surface area contributed by atoms with E-state index in [2.05, 4.69) is 5.32 Å². The van der Waals surface area contributed by atoms with Gasteiger partial charge in [0.2, 0.25) is 0 Å². The SMILES string of the molecule is CC1=C(C(=O)O)[C@@H](c2cccc([N+](=O)[O-])c2)C(C(=O)Cl)=C(C)N1. The maximum atomic E-state index is 11.8. The van der Waals surface area contributed by atoms with Crippen LogP contribution in [-0.4, -0.2) is 21.2 Å². The molecule has 2 rings (SSSR count). The first kappa shape index (κ1) is 16.7. The summed E-state index contributed by atoms with van der Waals surface area (Å²) in [6.07, 6.45) is 0. The third-order valence-electron chi connectivity index (χ3n) is 3.62. The van der Waals surface area contributed by atoms with E-state index in [1.165, 1.54) is 24.3 Å². The number of non-ortho nitro benzene ring substituents is 1. The largest absolute Gasteiger partial charge is 0.478 e. The number of carbonyl (C=O) groups is 2. The van der Waals surface area contributed by atoms with E-state index in [1.54, 1.807) is 13.8 Å². The molecule has 0 aromatic heterocycles. The molecule has 1 aromatic rings. The van der Waals surface area contributed by atoms with Gasteiger partial charge in [-0.3, -0.25) is 14.9 Å². The molecule has 0 aliphatic carbocycles. The Hall–Kier alpha value is -2.67. The summed E-state index contributed by atoms with van der Waals surface area (Å²) in [5.41, 5.74) is 0.899. The van der Waals surface area contributed by atoms with Crippen molar-refractivity contribution < 1.29 is 19.6 Å². The zero-order valence-corrected chi connectivity index (χ0v) is 13.0. The summed E-state index contributed by atoms with van der Waals surface area (Å²) < 4.78 is 0. The van der Waals surface area contributed by atoms with E-state index >= 15 is 0 Å². The molecule has 0 amide bonds. The first-order chi connectivity index (χ1) is 10.7. The van der Waals surface area contributed by atoms with Crippen molar-refractivity contribution in [1.29, 1.82) is 0 Å². The molecule has 0 saturated carbocycles. The number of aliphatic carboxylic acids is 1. The highest BCUT2D eigenvalue weighted by Crippen LogP contribution is 2.39. The van der Waals surface area contributed by atoms with Crippen LogP contribution in [0.2, 0.25) is 0 Å². The zero-order chi connectivity index (χ0) is 17.3. The van der Waals surface area contributed by atoms with Gasteiger partial charge < -0.3 is 10.4 Å². The fraction of sp³-hybridized carbons (Fsp3) is 0.200. The fourth-order valence-electron chi connectivity index (χ4n) is 2.69. The monoisotopic (exact) mass is 336 g/mol. The Morgan fingerprint density at radius 2 is 1.87 bits per heavy atom. The summed E-state index contributed by atoms with van der Waals surface area (Å²) in [5.74, 6) is -2.20. The molecule has 1 aliphatic heterocycles. The summed E-state index contributed by atoms with van der Waals surface area (Å²) >= 11 is 5.63. The molecule has 23 heavy (non-hydrogen) atoms. The van der Waals surface area contributed by atoms with E-state index in [-0.39, 0.29) is 16.8 Å². The molecule has 0 fully saturated rings. The second kappa shape index (κ2) is 6.21. The topological polar surface area (TPSA) is 110 Å². The van der Waals surface area contributed by atoms with Crippen LogP contribution < -0.4 is 5.32 Å². The minimum atomic E-state index is -1.23. The van der Waals surface area contributed by atoms with E-state index in [0.717, 1.165) is 0 Å². The van der Waals surface area contributed by atoms with Crippen molar-refractivity contribution >= 4 is 28.5 Å². The number of halogens is 1. The number of rotatable bonds is 4. The van der Waals surface area contributed by atoms with Gasteiger partial charge in [-0.25, -0.2) is 4.79 Å². The highest BCUT2D eigenvalue weighted by Gasteiger charge is 2.36. The molecule has 0 saturated heterocycles. The lowest BCUT2D eigenvalue weighted by atomic mass is 9.81. The quantitative estimate of drug-likeness (QED) is 0.497. The summed E-state index contributed by atoms with van der Waals surface area (Å²) in [7, 11) is 0. The van der Waals surface area contributed by atoms with Crippen molar-refractivity contribution in [3.05, 3.63) is 62.5 Å². The minimum absolute atomic E-state index is 0.0650. The van der Waals surface area contributed by atoms with Gasteiger partial charge in [0.15, 0.2) is 0 Å². The van der Waals surface area contributed by atoms with E-state index in [9.17, 15) is 24.8 Å². The number of hydrogen-bond donors (Lipinski definition) is 2. The van der Waals surface area contributed by atoms with Gasteiger partial charge in [0.1, 0.15) is 0 Å². The smallest absolute Gasteiger partial charge is 0.334 e. The molecular weight excluding hydrogens is 324 g/mol. The van der Waals surface area contributed by atoms with Crippen molar-refractivity contribution in [2.75, 3.05) is 0 Å². The predicted molar refractivity (Wildman–Crippen MR) is 82.9 cm³/mol. The van der Waals surface area contributed by atoms with Gasteiger partial charge in [-0.15, -0.1) is 0 Å². The highest BCUT2D eigenvalue weighted by molar-refractivity contribution is 6.68. The number of nitro groups is 1. The Balaban J connectivity index is 2.72. The molecule has 0 unspecified atom stereocenters. The van der Waals surface area contributed by atoms with Crippen LogP contribution in [-0.2, 0) is 9.59 Å². The first-order valence-corrected chi connectivity index (χ1v) is 6.97. The molecule has 0 spiro atoms. The molecule has 2 N–H and O–H groups in total. The number of allylic oxidation sites excluding steroid dienone is 3. The van der Waals surface area contributed by atoms with Crippen molar-refractivity contribution in [3.8, 4) is 0 Å². The van der Waals surface area contributed by atoms with Crippen LogP contribution >= 0.6 is 11.6 Å². The van der Waals surface area contributed by atoms with Crippen LogP contribution in [0.5, 0.6) is 0 Å². The molecule has 1 atom stereocenters. The van der Waals surface area contributed by atoms with Crippen molar-refractivity contribution in [3.63, 3.8) is 0 Å². The normalized spacial score (nSPS) is 17.8. The zero-order valence-electron chi connectivity index (χ0n) is 12.3. The van der Waals surface area contributed by atoms with Crippen LogP contribution in [0.1, 0.15) is 25.3 Å². The number of nitrogens with one attached hydrogen (secondary N) is 1. The third kappa shape index (κ3) is 3.09. The maximum Gasteiger partial charge on any atom is 0.334 e. The number of carboxylic acid groups (broad SMARTS) is 1. The number of dihydropyridines is 1. The Kier molecular flexibility index (Phi) is 4.51. The fourth-order valence-corrected chi connectivity index (χ4v) is 2.94. The van der Waals surface area contributed by atoms with Crippen molar-refractivity contribution in [2.24, 2.45) is 0 Å². The van der Waals surface area contributed by atoms with Gasteiger partial charge in [0.05, 0.1) is 10.5 Å². The molecule has 8 heteroatoms. The Bertz CT molecular complexity index is 746. The number of nitrogens with zero attached hydrogens (tertiary/aromatic N) is 1. The van der Waals surface area contributed by atoms with Crippen molar-refractivity contribution in [1.82, 2.24) is 5.32 Å². The van der Waals surface area contributed by atoms with Crippen LogP contribution in [0.25, 0.3) is 0 Å². The first-order valence-electron chi connectivity index (χ1n) is 6.60. The molecule has 1 aliphatic rings.